The number of hydrogen-bond acceptors (Lipinski definition) is 6. The Kier molecular flexibility index (Phi) is 5.61. The van der Waals surface area contributed by atoms with Crippen molar-refractivity contribution in [1.82, 2.24) is 4.31 Å². The van der Waals surface area contributed by atoms with Crippen molar-refractivity contribution in [2.45, 2.75) is 11.8 Å². The van der Waals surface area contributed by atoms with Gasteiger partial charge in [-0.1, -0.05) is 0 Å². The highest BCUT2D eigenvalue weighted by molar-refractivity contribution is 7.89. The lowest BCUT2D eigenvalue weighted by atomic mass is 10.3. The summed E-state index contributed by atoms with van der Waals surface area (Å²) in [5.74, 6) is -0.356. The summed E-state index contributed by atoms with van der Waals surface area (Å²) >= 11 is 1.08. The van der Waals surface area contributed by atoms with E-state index in [9.17, 15) is 18.0 Å². The average molecular weight is 382 g/mol. The summed E-state index contributed by atoms with van der Waals surface area (Å²) in [6.45, 7) is 1.43. The predicted octanol–water partition coefficient (Wildman–Crippen LogP) is 2.46. The lowest BCUT2D eigenvalue weighted by molar-refractivity contribution is 0.101. The van der Waals surface area contributed by atoms with E-state index in [-0.39, 0.29) is 16.4 Å². The molecule has 1 heterocycles. The van der Waals surface area contributed by atoms with E-state index in [4.69, 9.17) is 4.74 Å². The van der Waals surface area contributed by atoms with Gasteiger partial charge in [0, 0.05) is 19.8 Å². The second-order valence-electron chi connectivity index (χ2n) is 5.33. The minimum Gasteiger partial charge on any atom is -0.495 e. The molecule has 0 fully saturated rings. The van der Waals surface area contributed by atoms with Gasteiger partial charge in [-0.05, 0) is 37.3 Å². The fraction of sp³-hybridized carbons (Fsp3) is 0.250. The smallest absolute Gasteiger partial charge is 0.265 e. The molecular formula is C16H18N2O5S2. The summed E-state index contributed by atoms with van der Waals surface area (Å²) in [6, 6.07) is 7.49. The Hall–Kier alpha value is -2.23. The van der Waals surface area contributed by atoms with Crippen molar-refractivity contribution in [3.05, 3.63) is 40.1 Å². The number of ketones is 1. The minimum atomic E-state index is -3.73. The van der Waals surface area contributed by atoms with Gasteiger partial charge in [-0.3, -0.25) is 9.59 Å². The van der Waals surface area contributed by atoms with Gasteiger partial charge in [0.05, 0.1) is 16.9 Å². The standard InChI is InChI=1S/C16H18N2O5S2/c1-10(19)13-7-8-14(24-13)16(20)17-11-5-6-12(23-4)15(9-11)25(21,22)18(2)3/h5-9H,1-4H3,(H,17,20). The molecule has 1 aromatic heterocycles. The van der Waals surface area contributed by atoms with Crippen molar-refractivity contribution < 1.29 is 22.7 Å². The van der Waals surface area contributed by atoms with Crippen LogP contribution in [0.15, 0.2) is 35.2 Å². The van der Waals surface area contributed by atoms with Gasteiger partial charge in [0.2, 0.25) is 10.0 Å². The molecule has 0 unspecified atom stereocenters. The molecule has 2 rings (SSSR count). The number of amides is 1. The Morgan fingerprint density at radius 2 is 1.76 bits per heavy atom. The highest BCUT2D eigenvalue weighted by Crippen LogP contribution is 2.29. The van der Waals surface area contributed by atoms with E-state index in [1.165, 1.54) is 40.3 Å². The number of Topliss-reactive ketones (excluding diaryl/α,β-unsaturated/α-hetero) is 1. The first-order valence-electron chi connectivity index (χ1n) is 7.19. The molecule has 0 aliphatic carbocycles. The van der Waals surface area contributed by atoms with Crippen LogP contribution in [-0.2, 0) is 10.0 Å². The lowest BCUT2D eigenvalue weighted by Gasteiger charge is -2.15. The molecule has 0 radical (unpaired) electrons. The van der Waals surface area contributed by atoms with Crippen LogP contribution in [0.1, 0.15) is 26.3 Å². The number of carbonyl (C=O) groups excluding carboxylic acids is 2. The molecule has 1 aromatic carbocycles. The molecule has 2 aromatic rings. The van der Waals surface area contributed by atoms with Gasteiger partial charge in [0.1, 0.15) is 10.6 Å². The molecule has 0 saturated heterocycles. The molecule has 0 bridgehead atoms. The minimum absolute atomic E-state index is 0.0478. The van der Waals surface area contributed by atoms with Gasteiger partial charge in [0.15, 0.2) is 5.78 Å². The molecule has 7 nitrogen and oxygen atoms in total. The average Bonchev–Trinajstić information content (AvgIpc) is 3.05. The van der Waals surface area contributed by atoms with Gasteiger partial charge < -0.3 is 10.1 Å². The number of hydrogen-bond donors (Lipinski definition) is 1. The monoisotopic (exact) mass is 382 g/mol. The summed E-state index contributed by atoms with van der Waals surface area (Å²) in [6.07, 6.45) is 0. The van der Waals surface area contributed by atoms with Crippen LogP contribution in [0.25, 0.3) is 0 Å². The molecule has 0 atom stereocenters. The summed E-state index contributed by atoms with van der Waals surface area (Å²) in [4.78, 5) is 24.4. The third-order valence-corrected chi connectivity index (χ3v) is 6.38. The molecule has 9 heteroatoms. The summed E-state index contributed by atoms with van der Waals surface area (Å²) in [5, 5.41) is 2.63. The van der Waals surface area contributed by atoms with Crippen molar-refractivity contribution >= 4 is 38.7 Å². The van der Waals surface area contributed by atoms with Gasteiger partial charge in [-0.15, -0.1) is 11.3 Å². The zero-order chi connectivity index (χ0) is 18.8. The first kappa shape index (κ1) is 19.1. The number of ether oxygens (including phenoxy) is 1. The molecule has 0 aliphatic rings. The molecule has 25 heavy (non-hydrogen) atoms. The number of rotatable bonds is 6. The van der Waals surface area contributed by atoms with E-state index in [2.05, 4.69) is 5.32 Å². The fourth-order valence-electron chi connectivity index (χ4n) is 1.99. The van der Waals surface area contributed by atoms with Crippen LogP contribution < -0.4 is 10.1 Å². The molecule has 1 amide bonds. The Morgan fingerprint density at radius 1 is 1.12 bits per heavy atom. The van der Waals surface area contributed by atoms with Gasteiger partial charge in [0.25, 0.3) is 5.91 Å². The maximum Gasteiger partial charge on any atom is 0.265 e. The van der Waals surface area contributed by atoms with Gasteiger partial charge in [-0.25, -0.2) is 12.7 Å². The first-order chi connectivity index (χ1) is 11.7. The lowest BCUT2D eigenvalue weighted by Crippen LogP contribution is -2.23. The summed E-state index contributed by atoms with van der Waals surface area (Å²) in [5.41, 5.74) is 0.309. The van der Waals surface area contributed by atoms with Gasteiger partial charge in [-0.2, -0.15) is 0 Å². The molecule has 0 spiro atoms. The zero-order valence-electron chi connectivity index (χ0n) is 14.2. The normalized spacial score (nSPS) is 11.4. The SMILES string of the molecule is COc1ccc(NC(=O)c2ccc(C(C)=O)s2)cc1S(=O)(=O)N(C)C. The van der Waals surface area contributed by atoms with Gasteiger partial charge >= 0.3 is 0 Å². The van der Waals surface area contributed by atoms with E-state index in [0.717, 1.165) is 15.6 Å². The third-order valence-electron chi connectivity index (χ3n) is 3.36. The van der Waals surface area contributed by atoms with E-state index in [1.807, 2.05) is 0 Å². The molecule has 1 N–H and O–H groups in total. The van der Waals surface area contributed by atoms with Crippen molar-refractivity contribution in [3.63, 3.8) is 0 Å². The Bertz CT molecular complexity index is 916. The fourth-order valence-corrected chi connectivity index (χ4v) is 3.87. The van der Waals surface area contributed by atoms with Crippen LogP contribution >= 0.6 is 11.3 Å². The van der Waals surface area contributed by atoms with Crippen molar-refractivity contribution in [2.75, 3.05) is 26.5 Å². The Labute approximate surface area is 150 Å². The molecule has 0 aliphatic heterocycles. The van der Waals surface area contributed by atoms with Crippen molar-refractivity contribution in [3.8, 4) is 5.75 Å². The Morgan fingerprint density at radius 3 is 2.28 bits per heavy atom. The van der Waals surface area contributed by atoms with Crippen LogP contribution in [0.3, 0.4) is 0 Å². The number of anilines is 1. The topological polar surface area (TPSA) is 92.8 Å². The van der Waals surface area contributed by atoms with E-state index < -0.39 is 15.9 Å². The quantitative estimate of drug-likeness (QED) is 0.775. The largest absolute Gasteiger partial charge is 0.495 e. The summed E-state index contributed by atoms with van der Waals surface area (Å²) < 4.78 is 31.0. The predicted molar refractivity (Wildman–Crippen MR) is 96.1 cm³/mol. The van der Waals surface area contributed by atoms with E-state index >= 15 is 0 Å². The van der Waals surface area contributed by atoms with Crippen LogP contribution in [0.5, 0.6) is 5.75 Å². The number of nitrogens with one attached hydrogen (secondary N) is 1. The molecule has 134 valence electrons. The summed E-state index contributed by atoms with van der Waals surface area (Å²) in [7, 11) is 0.461. The number of benzene rings is 1. The van der Waals surface area contributed by atoms with E-state index in [0.29, 0.717) is 15.4 Å². The zero-order valence-corrected chi connectivity index (χ0v) is 15.8. The molecular weight excluding hydrogens is 364 g/mol. The van der Waals surface area contributed by atoms with Crippen LogP contribution in [0, 0.1) is 0 Å². The number of nitrogens with zero attached hydrogens (tertiary/aromatic N) is 1. The Balaban J connectivity index is 2.34. The second-order valence-corrected chi connectivity index (χ2v) is 8.53. The number of carbonyl (C=O) groups is 2. The first-order valence-corrected chi connectivity index (χ1v) is 9.45. The highest BCUT2D eigenvalue weighted by atomic mass is 32.2. The van der Waals surface area contributed by atoms with Crippen molar-refractivity contribution in [1.29, 1.82) is 0 Å². The van der Waals surface area contributed by atoms with Crippen LogP contribution in [-0.4, -0.2) is 45.6 Å². The number of methoxy groups -OCH3 is 1. The van der Waals surface area contributed by atoms with E-state index in [1.54, 1.807) is 18.2 Å². The maximum atomic E-state index is 12.4. The van der Waals surface area contributed by atoms with Crippen molar-refractivity contribution in [2.24, 2.45) is 0 Å². The number of thiophene rings is 1. The second kappa shape index (κ2) is 7.34. The third kappa shape index (κ3) is 4.06. The van der Waals surface area contributed by atoms with Crippen LogP contribution in [0.4, 0.5) is 5.69 Å². The maximum absolute atomic E-state index is 12.4. The van der Waals surface area contributed by atoms with Crippen LogP contribution in [0.2, 0.25) is 0 Å². The molecule has 0 saturated carbocycles. The number of sulfonamides is 1. The highest BCUT2D eigenvalue weighted by Gasteiger charge is 2.23.